The fourth-order valence-corrected chi connectivity index (χ4v) is 2.72. The first-order chi connectivity index (χ1) is 13.0. The standard InChI is InChI=1S/C20H21F3N2O3/c1-18(2,3)12-28-17(27)25-15-7-5-4-6-14(15)24-16(26)19(25,20(21,22)23)11-10-13-8-9-13/h4-7,13H,8-9,12H2,1-3H3,(H,24,26). The molecule has 0 radical (unpaired) electrons. The van der Waals surface area contributed by atoms with Crippen LogP contribution in [0.4, 0.5) is 29.3 Å². The van der Waals surface area contributed by atoms with Gasteiger partial charge in [-0.3, -0.25) is 4.79 Å². The van der Waals surface area contributed by atoms with Crippen LogP contribution in [0.1, 0.15) is 33.6 Å². The lowest BCUT2D eigenvalue weighted by molar-refractivity contribution is -0.176. The van der Waals surface area contributed by atoms with Crippen molar-refractivity contribution >= 4 is 23.4 Å². The zero-order valence-corrected chi connectivity index (χ0v) is 15.8. The smallest absolute Gasteiger partial charge is 0.433 e. The predicted molar refractivity (Wildman–Crippen MR) is 97.6 cm³/mol. The highest BCUT2D eigenvalue weighted by molar-refractivity contribution is 6.15. The number of nitrogens with zero attached hydrogens (tertiary/aromatic N) is 1. The first-order valence-corrected chi connectivity index (χ1v) is 8.92. The molecule has 2 amide bonds. The number of carbonyl (C=O) groups excluding carboxylic acids is 2. The maximum absolute atomic E-state index is 14.3. The molecule has 1 atom stereocenters. The third kappa shape index (κ3) is 3.66. The Hall–Kier alpha value is -2.69. The second-order valence-corrected chi connectivity index (χ2v) is 8.17. The Morgan fingerprint density at radius 1 is 1.29 bits per heavy atom. The minimum Gasteiger partial charge on any atom is -0.449 e. The van der Waals surface area contributed by atoms with E-state index in [2.05, 4.69) is 17.2 Å². The fraction of sp³-hybridized carbons (Fsp3) is 0.500. The molecule has 3 rings (SSSR count). The first kappa shape index (κ1) is 20.1. The SMILES string of the molecule is CC(C)(C)COC(=O)N1c2ccccc2NC(=O)C1(C#CC1CC1)C(F)(F)F. The van der Waals surface area contributed by atoms with E-state index in [1.807, 2.05) is 0 Å². The molecule has 1 saturated carbocycles. The average Bonchev–Trinajstić information content (AvgIpc) is 3.40. The molecule has 0 aromatic heterocycles. The third-order valence-corrected chi connectivity index (χ3v) is 4.31. The average molecular weight is 394 g/mol. The van der Waals surface area contributed by atoms with Gasteiger partial charge in [0.2, 0.25) is 0 Å². The van der Waals surface area contributed by atoms with E-state index in [1.165, 1.54) is 18.2 Å². The van der Waals surface area contributed by atoms with Gasteiger partial charge in [-0.05, 0) is 30.4 Å². The molecule has 5 nitrogen and oxygen atoms in total. The largest absolute Gasteiger partial charge is 0.449 e. The number of carbonyl (C=O) groups is 2. The lowest BCUT2D eigenvalue weighted by Gasteiger charge is -2.43. The molecule has 0 spiro atoms. The number of amides is 2. The van der Waals surface area contributed by atoms with Gasteiger partial charge in [-0.1, -0.05) is 44.7 Å². The molecule has 8 heteroatoms. The van der Waals surface area contributed by atoms with Gasteiger partial charge < -0.3 is 10.1 Å². The molecule has 1 N–H and O–H groups in total. The van der Waals surface area contributed by atoms with Crippen LogP contribution in [0, 0.1) is 23.2 Å². The van der Waals surface area contributed by atoms with E-state index in [9.17, 15) is 22.8 Å². The lowest BCUT2D eigenvalue weighted by atomic mass is 9.91. The Bertz CT molecular complexity index is 860. The minimum atomic E-state index is -5.13. The number of fused-ring (bicyclic) bond motifs is 1. The molecule has 1 aromatic carbocycles. The van der Waals surface area contributed by atoms with E-state index in [4.69, 9.17) is 4.74 Å². The molecule has 1 aliphatic carbocycles. The Morgan fingerprint density at radius 2 is 1.93 bits per heavy atom. The molecular weight excluding hydrogens is 373 g/mol. The van der Waals surface area contributed by atoms with E-state index >= 15 is 0 Å². The number of hydrogen-bond donors (Lipinski definition) is 1. The van der Waals surface area contributed by atoms with Gasteiger partial charge in [0.25, 0.3) is 11.4 Å². The maximum atomic E-state index is 14.3. The molecular formula is C20H21F3N2O3. The predicted octanol–water partition coefficient (Wildman–Crippen LogP) is 4.34. The zero-order valence-electron chi connectivity index (χ0n) is 15.8. The van der Waals surface area contributed by atoms with Crippen LogP contribution in [0.25, 0.3) is 0 Å². The molecule has 1 fully saturated rings. The molecule has 2 aliphatic rings. The number of alkyl halides is 3. The monoisotopic (exact) mass is 394 g/mol. The van der Waals surface area contributed by atoms with Crippen molar-refractivity contribution < 1.29 is 27.5 Å². The number of nitrogens with one attached hydrogen (secondary N) is 1. The normalized spacial score (nSPS) is 21.9. The highest BCUT2D eigenvalue weighted by Crippen LogP contribution is 2.45. The summed E-state index contributed by atoms with van der Waals surface area (Å²) in [5.74, 6) is 2.99. The summed E-state index contributed by atoms with van der Waals surface area (Å²) >= 11 is 0. The van der Waals surface area contributed by atoms with E-state index in [0.29, 0.717) is 17.7 Å². The number of rotatable bonds is 1. The Morgan fingerprint density at radius 3 is 2.50 bits per heavy atom. The molecule has 0 saturated heterocycles. The summed E-state index contributed by atoms with van der Waals surface area (Å²) < 4.78 is 48.0. The maximum Gasteiger partial charge on any atom is 0.433 e. The highest BCUT2D eigenvalue weighted by Gasteiger charge is 2.68. The van der Waals surface area contributed by atoms with E-state index in [1.54, 1.807) is 26.8 Å². The number of anilines is 2. The van der Waals surface area contributed by atoms with Crippen molar-refractivity contribution in [2.45, 2.75) is 45.3 Å². The van der Waals surface area contributed by atoms with Crippen LogP contribution in [-0.2, 0) is 9.53 Å². The van der Waals surface area contributed by atoms with Gasteiger partial charge >= 0.3 is 12.3 Å². The van der Waals surface area contributed by atoms with Gasteiger partial charge in [-0.15, -0.1) is 0 Å². The van der Waals surface area contributed by atoms with Gasteiger partial charge in [0.15, 0.2) is 0 Å². The number of para-hydroxylation sites is 2. The van der Waals surface area contributed by atoms with E-state index in [-0.39, 0.29) is 23.9 Å². The minimum absolute atomic E-state index is 0.0910. The van der Waals surface area contributed by atoms with E-state index in [0.717, 1.165) is 0 Å². The Balaban J connectivity index is 2.15. The van der Waals surface area contributed by atoms with E-state index < -0.39 is 29.1 Å². The van der Waals surface area contributed by atoms with Crippen molar-refractivity contribution in [3.8, 4) is 11.8 Å². The van der Waals surface area contributed by atoms with Crippen LogP contribution in [0.3, 0.4) is 0 Å². The van der Waals surface area contributed by atoms with Gasteiger partial charge in [0, 0.05) is 5.92 Å². The number of hydrogen-bond acceptors (Lipinski definition) is 3. The van der Waals surface area contributed by atoms with Crippen LogP contribution in [-0.4, -0.2) is 30.3 Å². The summed E-state index contributed by atoms with van der Waals surface area (Å²) in [6.45, 7) is 5.22. The van der Waals surface area contributed by atoms with Crippen LogP contribution in [0.15, 0.2) is 24.3 Å². The molecule has 1 heterocycles. The summed E-state index contributed by atoms with van der Waals surface area (Å²) in [6, 6.07) is 5.78. The molecule has 150 valence electrons. The summed E-state index contributed by atoms with van der Waals surface area (Å²) in [7, 11) is 0. The molecule has 1 aliphatic heterocycles. The Labute approximate surface area is 161 Å². The molecule has 0 bridgehead atoms. The fourth-order valence-electron chi connectivity index (χ4n) is 2.72. The molecule has 1 aromatic rings. The second-order valence-electron chi connectivity index (χ2n) is 8.17. The van der Waals surface area contributed by atoms with Crippen molar-refractivity contribution in [2.24, 2.45) is 11.3 Å². The zero-order chi connectivity index (χ0) is 20.7. The summed E-state index contributed by atoms with van der Waals surface area (Å²) in [5.41, 5.74) is -3.83. The first-order valence-electron chi connectivity index (χ1n) is 8.92. The number of benzene rings is 1. The van der Waals surface area contributed by atoms with Crippen molar-refractivity contribution in [3.63, 3.8) is 0 Å². The lowest BCUT2D eigenvalue weighted by Crippen LogP contribution is -2.69. The second kappa shape index (κ2) is 6.73. The van der Waals surface area contributed by atoms with Crippen LogP contribution in [0.5, 0.6) is 0 Å². The summed E-state index contributed by atoms with van der Waals surface area (Å²) in [6.07, 6.45) is -5.05. The number of ether oxygens (including phenoxy) is 1. The van der Waals surface area contributed by atoms with Crippen molar-refractivity contribution in [3.05, 3.63) is 24.3 Å². The van der Waals surface area contributed by atoms with Gasteiger partial charge in [0.05, 0.1) is 18.0 Å². The van der Waals surface area contributed by atoms with Gasteiger partial charge in [-0.2, -0.15) is 13.2 Å². The van der Waals surface area contributed by atoms with Gasteiger partial charge in [0.1, 0.15) is 0 Å². The highest BCUT2D eigenvalue weighted by atomic mass is 19.4. The van der Waals surface area contributed by atoms with Crippen molar-refractivity contribution in [1.82, 2.24) is 0 Å². The summed E-state index contributed by atoms with van der Waals surface area (Å²) in [5, 5.41) is 2.25. The quantitative estimate of drug-likeness (QED) is 0.721. The molecule has 1 unspecified atom stereocenters. The van der Waals surface area contributed by atoms with Crippen LogP contribution < -0.4 is 10.2 Å². The van der Waals surface area contributed by atoms with Crippen LogP contribution in [0.2, 0.25) is 0 Å². The van der Waals surface area contributed by atoms with Crippen molar-refractivity contribution in [2.75, 3.05) is 16.8 Å². The third-order valence-electron chi connectivity index (χ3n) is 4.31. The van der Waals surface area contributed by atoms with Gasteiger partial charge in [-0.25, -0.2) is 9.69 Å². The summed E-state index contributed by atoms with van der Waals surface area (Å²) in [4.78, 5) is 25.9. The Kier molecular flexibility index (Phi) is 4.82. The number of halogens is 3. The molecule has 28 heavy (non-hydrogen) atoms. The van der Waals surface area contributed by atoms with Crippen molar-refractivity contribution in [1.29, 1.82) is 0 Å². The van der Waals surface area contributed by atoms with Crippen LogP contribution >= 0.6 is 0 Å². The topological polar surface area (TPSA) is 58.6 Å².